The Bertz CT molecular complexity index is 479. The number of carbonyl (C=O) groups is 1. The number of benzene rings is 1. The van der Waals surface area contributed by atoms with Crippen molar-refractivity contribution in [3.63, 3.8) is 0 Å². The summed E-state index contributed by atoms with van der Waals surface area (Å²) in [7, 11) is 2.16. The summed E-state index contributed by atoms with van der Waals surface area (Å²) in [6, 6.07) is 7.23. The number of nitrogens with zero attached hydrogens (tertiary/aromatic N) is 2. The number of rotatable bonds is 6. The standard InChI is InChI=1S/C17H28N4O.3ClH/c1-14-4-6-15(7-5-14)16(18)17(22)19-8-3-9-21-12-10-20(2)11-13-21;;;/h4-7,16H,3,8-13,18H2,1-2H3,(H,19,22);3*1H. The largest absolute Gasteiger partial charge is 0.354 e. The first-order valence-corrected chi connectivity index (χ1v) is 8.07. The number of hydrogen-bond donors (Lipinski definition) is 2. The second-order valence-electron chi connectivity index (χ2n) is 6.18. The lowest BCUT2D eigenvalue weighted by Crippen LogP contribution is -2.45. The molecule has 146 valence electrons. The van der Waals surface area contributed by atoms with E-state index < -0.39 is 6.04 Å². The van der Waals surface area contributed by atoms with Crippen LogP contribution in [0.2, 0.25) is 0 Å². The minimum atomic E-state index is -0.579. The van der Waals surface area contributed by atoms with Gasteiger partial charge in [0.15, 0.2) is 0 Å². The van der Waals surface area contributed by atoms with Crippen molar-refractivity contribution < 1.29 is 4.79 Å². The number of likely N-dealkylation sites (N-methyl/N-ethyl adjacent to an activating group) is 1. The molecule has 1 aliphatic rings. The average molecular weight is 414 g/mol. The molecular weight excluding hydrogens is 383 g/mol. The van der Waals surface area contributed by atoms with Gasteiger partial charge in [0.05, 0.1) is 0 Å². The van der Waals surface area contributed by atoms with Crippen LogP contribution in [0.3, 0.4) is 0 Å². The molecule has 1 unspecified atom stereocenters. The van der Waals surface area contributed by atoms with E-state index in [1.807, 2.05) is 31.2 Å². The van der Waals surface area contributed by atoms with Gasteiger partial charge in [-0.05, 0) is 32.5 Å². The van der Waals surface area contributed by atoms with E-state index in [0.29, 0.717) is 6.54 Å². The Morgan fingerprint density at radius 3 is 2.24 bits per heavy atom. The molecule has 8 heteroatoms. The molecule has 3 N–H and O–H groups in total. The quantitative estimate of drug-likeness (QED) is 0.700. The number of nitrogens with one attached hydrogen (secondary N) is 1. The molecule has 0 bridgehead atoms. The summed E-state index contributed by atoms with van der Waals surface area (Å²) in [5, 5.41) is 2.94. The molecule has 0 aromatic heterocycles. The van der Waals surface area contributed by atoms with Crippen LogP contribution in [0.1, 0.15) is 23.6 Å². The van der Waals surface area contributed by atoms with Gasteiger partial charge in [-0.2, -0.15) is 0 Å². The molecule has 5 nitrogen and oxygen atoms in total. The number of aryl methyl sites for hydroxylation is 1. The molecule has 1 amide bonds. The van der Waals surface area contributed by atoms with E-state index in [0.717, 1.165) is 44.7 Å². The minimum Gasteiger partial charge on any atom is -0.354 e. The van der Waals surface area contributed by atoms with E-state index in [1.54, 1.807) is 0 Å². The fourth-order valence-electron chi connectivity index (χ4n) is 2.62. The summed E-state index contributed by atoms with van der Waals surface area (Å²) < 4.78 is 0. The van der Waals surface area contributed by atoms with Crippen LogP contribution in [-0.2, 0) is 4.79 Å². The Labute approximate surface area is 169 Å². The molecule has 1 aliphatic heterocycles. The van der Waals surface area contributed by atoms with Crippen LogP contribution in [0.4, 0.5) is 0 Å². The normalized spacial score (nSPS) is 16.0. The van der Waals surface area contributed by atoms with Crippen LogP contribution >= 0.6 is 37.2 Å². The van der Waals surface area contributed by atoms with E-state index in [9.17, 15) is 4.79 Å². The van der Waals surface area contributed by atoms with E-state index in [1.165, 1.54) is 5.56 Å². The first-order chi connectivity index (χ1) is 10.6. The van der Waals surface area contributed by atoms with E-state index in [2.05, 4.69) is 22.2 Å². The predicted octanol–water partition coefficient (Wildman–Crippen LogP) is 2.01. The smallest absolute Gasteiger partial charge is 0.241 e. The summed E-state index contributed by atoms with van der Waals surface area (Å²) in [5.74, 6) is -0.0952. The van der Waals surface area contributed by atoms with Gasteiger partial charge in [-0.3, -0.25) is 4.79 Å². The maximum atomic E-state index is 12.1. The third-order valence-electron chi connectivity index (χ3n) is 4.27. The zero-order chi connectivity index (χ0) is 15.9. The molecule has 0 aliphatic carbocycles. The molecule has 1 aromatic rings. The summed E-state index contributed by atoms with van der Waals surface area (Å²) in [4.78, 5) is 16.9. The van der Waals surface area contributed by atoms with Crippen LogP contribution in [0.15, 0.2) is 24.3 Å². The SMILES string of the molecule is Cc1ccc(C(N)C(=O)NCCCN2CCN(C)CC2)cc1.Cl.Cl.Cl. The lowest BCUT2D eigenvalue weighted by molar-refractivity contribution is -0.122. The molecule has 2 rings (SSSR count). The van der Waals surface area contributed by atoms with Crippen molar-refractivity contribution in [2.75, 3.05) is 46.3 Å². The van der Waals surface area contributed by atoms with E-state index in [-0.39, 0.29) is 43.1 Å². The summed E-state index contributed by atoms with van der Waals surface area (Å²) in [6.07, 6.45) is 0.968. The fraction of sp³-hybridized carbons (Fsp3) is 0.588. The topological polar surface area (TPSA) is 61.6 Å². The average Bonchev–Trinajstić information content (AvgIpc) is 2.53. The lowest BCUT2D eigenvalue weighted by atomic mass is 10.1. The second kappa shape index (κ2) is 13.6. The van der Waals surface area contributed by atoms with Crippen molar-refractivity contribution in [3.05, 3.63) is 35.4 Å². The van der Waals surface area contributed by atoms with Gasteiger partial charge in [0.25, 0.3) is 0 Å². The molecule has 1 saturated heterocycles. The van der Waals surface area contributed by atoms with Crippen molar-refractivity contribution in [3.8, 4) is 0 Å². The van der Waals surface area contributed by atoms with Crippen molar-refractivity contribution >= 4 is 43.1 Å². The van der Waals surface area contributed by atoms with E-state index >= 15 is 0 Å². The molecule has 1 aromatic carbocycles. The maximum Gasteiger partial charge on any atom is 0.241 e. The van der Waals surface area contributed by atoms with Crippen LogP contribution in [-0.4, -0.2) is 62.0 Å². The lowest BCUT2D eigenvalue weighted by Gasteiger charge is -2.32. The molecule has 1 fully saturated rings. The highest BCUT2D eigenvalue weighted by molar-refractivity contribution is 5.86. The van der Waals surface area contributed by atoms with Gasteiger partial charge in [-0.15, -0.1) is 37.2 Å². The van der Waals surface area contributed by atoms with Crippen molar-refractivity contribution in [1.82, 2.24) is 15.1 Å². The van der Waals surface area contributed by atoms with E-state index in [4.69, 9.17) is 5.73 Å². The first kappa shape index (κ1) is 26.7. The van der Waals surface area contributed by atoms with Crippen molar-refractivity contribution in [2.24, 2.45) is 5.73 Å². The molecule has 1 heterocycles. The minimum absolute atomic E-state index is 0. The van der Waals surface area contributed by atoms with Gasteiger partial charge >= 0.3 is 0 Å². The third kappa shape index (κ3) is 9.08. The second-order valence-corrected chi connectivity index (χ2v) is 6.18. The zero-order valence-electron chi connectivity index (χ0n) is 14.9. The number of hydrogen-bond acceptors (Lipinski definition) is 4. The Hall–Kier alpha value is -0.560. The monoisotopic (exact) mass is 412 g/mol. The highest BCUT2D eigenvalue weighted by atomic mass is 35.5. The number of carbonyl (C=O) groups excluding carboxylic acids is 1. The number of halogens is 3. The summed E-state index contributed by atoms with van der Waals surface area (Å²) in [5.41, 5.74) is 8.03. The van der Waals surface area contributed by atoms with Gasteiger partial charge in [-0.1, -0.05) is 29.8 Å². The summed E-state index contributed by atoms with van der Waals surface area (Å²) in [6.45, 7) is 8.24. The number of amides is 1. The maximum absolute atomic E-state index is 12.1. The molecule has 0 radical (unpaired) electrons. The van der Waals surface area contributed by atoms with Crippen molar-refractivity contribution in [2.45, 2.75) is 19.4 Å². The number of piperazine rings is 1. The van der Waals surface area contributed by atoms with Gasteiger partial charge in [0.2, 0.25) is 5.91 Å². The van der Waals surface area contributed by atoms with Crippen LogP contribution < -0.4 is 11.1 Å². The van der Waals surface area contributed by atoms with Gasteiger partial charge in [0, 0.05) is 32.7 Å². The van der Waals surface area contributed by atoms with Gasteiger partial charge in [0.1, 0.15) is 6.04 Å². The predicted molar refractivity (Wildman–Crippen MR) is 111 cm³/mol. The molecule has 25 heavy (non-hydrogen) atoms. The Balaban J connectivity index is 0. The van der Waals surface area contributed by atoms with Gasteiger partial charge < -0.3 is 20.9 Å². The molecule has 0 spiro atoms. The third-order valence-corrected chi connectivity index (χ3v) is 4.27. The van der Waals surface area contributed by atoms with Crippen molar-refractivity contribution in [1.29, 1.82) is 0 Å². The van der Waals surface area contributed by atoms with Gasteiger partial charge in [-0.25, -0.2) is 0 Å². The zero-order valence-corrected chi connectivity index (χ0v) is 17.4. The van der Waals surface area contributed by atoms with Crippen LogP contribution in [0, 0.1) is 6.92 Å². The van der Waals surface area contributed by atoms with Crippen LogP contribution in [0.25, 0.3) is 0 Å². The van der Waals surface area contributed by atoms with Crippen LogP contribution in [0.5, 0.6) is 0 Å². The highest BCUT2D eigenvalue weighted by Crippen LogP contribution is 2.11. The molecule has 0 saturated carbocycles. The first-order valence-electron chi connectivity index (χ1n) is 8.07. The Morgan fingerprint density at radius 2 is 1.68 bits per heavy atom. The molecule has 1 atom stereocenters. The fourth-order valence-corrected chi connectivity index (χ4v) is 2.62. The Morgan fingerprint density at radius 1 is 1.12 bits per heavy atom. The molecular formula is C17H31Cl3N4O. The highest BCUT2D eigenvalue weighted by Gasteiger charge is 2.16. The Kier molecular flexibility index (Phi) is 14.5. The summed E-state index contributed by atoms with van der Waals surface area (Å²) >= 11 is 0. The number of nitrogens with two attached hydrogens (primary N) is 1.